The molecule has 0 aliphatic rings. The molecule has 0 aliphatic heterocycles. The van der Waals surface area contributed by atoms with Gasteiger partial charge in [-0.2, -0.15) is 4.52 Å². The van der Waals surface area contributed by atoms with Crippen LogP contribution in [0.5, 0.6) is 5.75 Å². The summed E-state index contributed by atoms with van der Waals surface area (Å²) in [4.78, 5) is 21.5. The van der Waals surface area contributed by atoms with Crippen LogP contribution < -0.4 is 15.4 Å². The number of amides is 1. The summed E-state index contributed by atoms with van der Waals surface area (Å²) in [6.07, 6.45) is -3.81. The molecule has 0 bridgehead atoms. The maximum Gasteiger partial charge on any atom is 0.573 e. The van der Waals surface area contributed by atoms with E-state index in [1.807, 2.05) is 6.92 Å². The Labute approximate surface area is 198 Å². The van der Waals surface area contributed by atoms with E-state index < -0.39 is 18.2 Å². The minimum absolute atomic E-state index is 0.0642. The standard InChI is InChI=1S/C22H20ClF3N6O2/c1-3-6-16(20(33)27-2)29-21-28-15-8-5-4-7-13(15)19-30-18(31-32(19)21)14-11-12(23)9-10-17(14)34-22(24,25)26/h4-5,7-11,16H,3,6H2,1-2H3,(H,27,33)(H,28,29)/t16-/m0/s1/i2D. The number of aromatic nitrogens is 4. The summed E-state index contributed by atoms with van der Waals surface area (Å²) >= 11 is 6.05. The Balaban J connectivity index is 1.89. The number of fused-ring (bicyclic) bond motifs is 3. The third-order valence-corrected chi connectivity index (χ3v) is 5.19. The fraction of sp³-hybridized carbons (Fsp3) is 0.273. The maximum atomic E-state index is 13.0. The predicted molar refractivity (Wildman–Crippen MR) is 122 cm³/mol. The van der Waals surface area contributed by atoms with Gasteiger partial charge in [-0.05, 0) is 36.8 Å². The highest BCUT2D eigenvalue weighted by atomic mass is 35.5. The Morgan fingerprint density at radius 2 is 2.06 bits per heavy atom. The number of para-hydroxylation sites is 1. The number of ether oxygens (including phenoxy) is 1. The van der Waals surface area contributed by atoms with Crippen molar-refractivity contribution in [3.8, 4) is 17.1 Å². The number of likely N-dealkylation sites (N-methyl/N-ethyl adjacent to an activating group) is 1. The quantitative estimate of drug-likeness (QED) is 0.383. The first-order valence-corrected chi connectivity index (χ1v) is 10.6. The van der Waals surface area contributed by atoms with Crippen LogP contribution in [0.4, 0.5) is 19.1 Å². The number of carbonyl (C=O) groups excluding carboxylic acids is 1. The number of anilines is 1. The van der Waals surface area contributed by atoms with E-state index in [9.17, 15) is 18.0 Å². The molecule has 2 aromatic heterocycles. The molecule has 0 spiro atoms. The lowest BCUT2D eigenvalue weighted by atomic mass is 10.1. The SMILES string of the molecule is [2H]CNC(=O)[C@H](CCC)Nc1nc2ccccc2c2nc(-c3cc(Cl)ccc3OC(F)(F)F)nn12. The Hall–Kier alpha value is -3.60. The van der Waals surface area contributed by atoms with E-state index in [0.29, 0.717) is 29.4 Å². The minimum atomic E-state index is -4.93. The van der Waals surface area contributed by atoms with E-state index in [4.69, 9.17) is 13.0 Å². The van der Waals surface area contributed by atoms with Crippen molar-refractivity contribution in [1.29, 1.82) is 0 Å². The number of alkyl halides is 3. The molecule has 0 radical (unpaired) electrons. The zero-order valence-corrected chi connectivity index (χ0v) is 18.6. The molecule has 0 unspecified atom stereocenters. The Kier molecular flexibility index (Phi) is 6.10. The minimum Gasteiger partial charge on any atom is -0.405 e. The number of nitrogens with zero attached hydrogens (tertiary/aromatic N) is 4. The number of hydrogen-bond acceptors (Lipinski definition) is 6. The van der Waals surface area contributed by atoms with Crippen LogP contribution >= 0.6 is 11.6 Å². The number of nitrogens with one attached hydrogen (secondary N) is 2. The van der Waals surface area contributed by atoms with Crippen molar-refractivity contribution in [1.82, 2.24) is 24.9 Å². The number of rotatable bonds is 7. The van der Waals surface area contributed by atoms with E-state index in [2.05, 4.69) is 30.4 Å². The van der Waals surface area contributed by atoms with Gasteiger partial charge < -0.3 is 15.4 Å². The topological polar surface area (TPSA) is 93.4 Å². The summed E-state index contributed by atoms with van der Waals surface area (Å²) in [5, 5.41) is 10.7. The lowest BCUT2D eigenvalue weighted by Gasteiger charge is -2.17. The smallest absolute Gasteiger partial charge is 0.405 e. The Morgan fingerprint density at radius 1 is 1.26 bits per heavy atom. The fourth-order valence-corrected chi connectivity index (χ4v) is 3.66. The van der Waals surface area contributed by atoms with Crippen LogP contribution in [0, 0.1) is 0 Å². The van der Waals surface area contributed by atoms with Crippen molar-refractivity contribution in [2.45, 2.75) is 32.2 Å². The molecule has 2 aromatic carbocycles. The van der Waals surface area contributed by atoms with Gasteiger partial charge in [-0.15, -0.1) is 18.3 Å². The van der Waals surface area contributed by atoms with Crippen molar-refractivity contribution in [2.75, 3.05) is 12.3 Å². The first-order chi connectivity index (χ1) is 16.7. The maximum absolute atomic E-state index is 13.0. The van der Waals surface area contributed by atoms with Crippen molar-refractivity contribution < 1.29 is 24.1 Å². The van der Waals surface area contributed by atoms with Crippen LogP contribution in [-0.4, -0.2) is 44.9 Å². The normalized spacial score (nSPS) is 13.0. The molecule has 34 heavy (non-hydrogen) atoms. The molecule has 178 valence electrons. The zero-order chi connectivity index (χ0) is 25.2. The highest BCUT2D eigenvalue weighted by Gasteiger charge is 2.33. The zero-order valence-electron chi connectivity index (χ0n) is 18.9. The van der Waals surface area contributed by atoms with Crippen molar-refractivity contribution in [2.24, 2.45) is 0 Å². The van der Waals surface area contributed by atoms with E-state index in [1.165, 1.54) is 16.6 Å². The molecule has 12 heteroatoms. The van der Waals surface area contributed by atoms with Crippen LogP contribution in [0.25, 0.3) is 27.9 Å². The summed E-state index contributed by atoms with van der Waals surface area (Å²) < 4.78 is 51.7. The van der Waals surface area contributed by atoms with Gasteiger partial charge in [-0.3, -0.25) is 4.79 Å². The first-order valence-electron chi connectivity index (χ1n) is 11.0. The van der Waals surface area contributed by atoms with Gasteiger partial charge >= 0.3 is 6.36 Å². The van der Waals surface area contributed by atoms with Gasteiger partial charge in [0, 0.05) is 18.8 Å². The van der Waals surface area contributed by atoms with Crippen LogP contribution in [0.3, 0.4) is 0 Å². The molecule has 0 saturated heterocycles. The van der Waals surface area contributed by atoms with E-state index in [0.717, 1.165) is 6.07 Å². The van der Waals surface area contributed by atoms with Gasteiger partial charge in [0.25, 0.3) is 0 Å². The lowest BCUT2D eigenvalue weighted by Crippen LogP contribution is -2.38. The molecule has 1 amide bonds. The second-order valence-corrected chi connectivity index (χ2v) is 7.77. The molecule has 2 heterocycles. The summed E-state index contributed by atoms with van der Waals surface area (Å²) in [5.41, 5.74) is 0.781. The van der Waals surface area contributed by atoms with Crippen molar-refractivity contribution in [3.63, 3.8) is 0 Å². The monoisotopic (exact) mass is 493 g/mol. The van der Waals surface area contributed by atoms with E-state index >= 15 is 0 Å². The molecule has 0 aliphatic carbocycles. The Morgan fingerprint density at radius 3 is 2.79 bits per heavy atom. The second kappa shape index (κ2) is 9.34. The van der Waals surface area contributed by atoms with Gasteiger partial charge in [0.2, 0.25) is 11.9 Å². The summed E-state index contributed by atoms with van der Waals surface area (Å²) in [5.74, 6) is -0.809. The van der Waals surface area contributed by atoms with Crippen molar-refractivity contribution >= 4 is 40.0 Å². The predicted octanol–water partition coefficient (Wildman–Crippen LogP) is 4.82. The molecule has 0 saturated carbocycles. The first kappa shape index (κ1) is 22.2. The van der Waals surface area contributed by atoms with Crippen LogP contribution in [0.15, 0.2) is 42.5 Å². The molecule has 0 fully saturated rings. The number of carbonyl (C=O) groups is 1. The van der Waals surface area contributed by atoms with E-state index in [1.54, 1.807) is 24.3 Å². The highest BCUT2D eigenvalue weighted by Crippen LogP contribution is 2.35. The molecular formula is C22H20ClF3N6O2. The lowest BCUT2D eigenvalue weighted by molar-refractivity contribution is -0.274. The number of hydrogen-bond donors (Lipinski definition) is 2. The average molecular weight is 494 g/mol. The van der Waals surface area contributed by atoms with Gasteiger partial charge in [0.15, 0.2) is 11.5 Å². The Bertz CT molecular complexity index is 1380. The van der Waals surface area contributed by atoms with Crippen LogP contribution in [0.2, 0.25) is 5.02 Å². The van der Waals surface area contributed by atoms with Gasteiger partial charge in [-0.25, -0.2) is 9.97 Å². The molecule has 8 nitrogen and oxygen atoms in total. The molecule has 4 aromatic rings. The summed E-state index contributed by atoms with van der Waals surface area (Å²) in [7, 11) is -0.286. The summed E-state index contributed by atoms with van der Waals surface area (Å²) in [6.45, 7) is 1.90. The van der Waals surface area contributed by atoms with E-state index in [-0.39, 0.29) is 35.3 Å². The third-order valence-electron chi connectivity index (χ3n) is 4.96. The van der Waals surface area contributed by atoms with Gasteiger partial charge in [0.1, 0.15) is 11.8 Å². The third kappa shape index (κ3) is 4.84. The number of halogens is 4. The van der Waals surface area contributed by atoms with Crippen molar-refractivity contribution in [3.05, 3.63) is 47.5 Å². The summed E-state index contributed by atoms with van der Waals surface area (Å²) in [6, 6.07) is 9.96. The largest absolute Gasteiger partial charge is 0.573 e. The van der Waals surface area contributed by atoms with Crippen LogP contribution in [0.1, 0.15) is 21.1 Å². The molecule has 4 rings (SSSR count). The fourth-order valence-electron chi connectivity index (χ4n) is 3.49. The molecular weight excluding hydrogens is 473 g/mol. The molecule has 2 N–H and O–H groups in total. The molecule has 1 atom stereocenters. The number of benzene rings is 2. The van der Waals surface area contributed by atoms with Gasteiger partial charge in [0.05, 0.1) is 11.1 Å². The van der Waals surface area contributed by atoms with Crippen LogP contribution in [-0.2, 0) is 4.79 Å². The average Bonchev–Trinajstić information content (AvgIpc) is 3.25. The highest BCUT2D eigenvalue weighted by molar-refractivity contribution is 6.30. The second-order valence-electron chi connectivity index (χ2n) is 7.34. The van der Waals surface area contributed by atoms with Gasteiger partial charge in [-0.1, -0.05) is 37.1 Å².